The first-order valence-electron chi connectivity index (χ1n) is 3.82. The maximum atomic E-state index is 9.22. The Labute approximate surface area is 74.1 Å². The van der Waals surface area contributed by atoms with Crippen molar-refractivity contribution in [2.45, 2.75) is 30.6 Å². The SMILES string of the molecule is OCC1O[C@@H](NO)C(O)C(O)[C@@H]1O. The zero-order chi connectivity index (χ0) is 10.0. The Morgan fingerprint density at radius 2 is 1.69 bits per heavy atom. The van der Waals surface area contributed by atoms with Crippen molar-refractivity contribution in [1.29, 1.82) is 0 Å². The predicted octanol–water partition coefficient (Wildman–Crippen LogP) is -3.23. The summed E-state index contributed by atoms with van der Waals surface area (Å²) in [6.45, 7) is -0.511. The lowest BCUT2D eigenvalue weighted by atomic mass is 9.99. The van der Waals surface area contributed by atoms with Crippen LogP contribution in [0.5, 0.6) is 0 Å². The van der Waals surface area contributed by atoms with Gasteiger partial charge in [-0.15, -0.1) is 0 Å². The molecule has 0 aromatic heterocycles. The maximum absolute atomic E-state index is 9.22. The molecule has 6 N–H and O–H groups in total. The van der Waals surface area contributed by atoms with Crippen molar-refractivity contribution in [3.05, 3.63) is 0 Å². The monoisotopic (exact) mass is 195 g/mol. The zero-order valence-electron chi connectivity index (χ0n) is 6.74. The molecule has 7 nitrogen and oxygen atoms in total. The molecule has 0 spiro atoms. The number of hydroxylamine groups is 1. The lowest BCUT2D eigenvalue weighted by Crippen LogP contribution is -2.61. The van der Waals surface area contributed by atoms with E-state index >= 15 is 0 Å². The van der Waals surface area contributed by atoms with Crippen LogP contribution in [0, 0.1) is 0 Å². The van der Waals surface area contributed by atoms with E-state index in [1.807, 2.05) is 0 Å². The quantitative estimate of drug-likeness (QED) is 0.256. The highest BCUT2D eigenvalue weighted by Gasteiger charge is 2.43. The second-order valence-corrected chi connectivity index (χ2v) is 2.88. The predicted molar refractivity (Wildman–Crippen MR) is 38.7 cm³/mol. The summed E-state index contributed by atoms with van der Waals surface area (Å²) in [5, 5.41) is 44.8. The van der Waals surface area contributed by atoms with Crippen LogP contribution in [-0.4, -0.2) is 62.9 Å². The molecule has 5 atom stereocenters. The molecule has 7 heteroatoms. The Balaban J connectivity index is 2.66. The van der Waals surface area contributed by atoms with Gasteiger partial charge in [0.1, 0.15) is 24.4 Å². The van der Waals surface area contributed by atoms with E-state index in [1.54, 1.807) is 5.48 Å². The molecule has 78 valence electrons. The highest BCUT2D eigenvalue weighted by molar-refractivity contribution is 4.89. The Kier molecular flexibility index (Phi) is 3.56. The standard InChI is InChI=1S/C6H13NO6/c8-1-2-3(9)4(10)5(11)6(7-12)13-2/h2-12H,1H2/t2?,3-,4?,5?,6-/m1/s1. The minimum atomic E-state index is -1.46. The van der Waals surface area contributed by atoms with E-state index in [-0.39, 0.29) is 0 Å². The van der Waals surface area contributed by atoms with Gasteiger partial charge in [0, 0.05) is 0 Å². The van der Waals surface area contributed by atoms with Gasteiger partial charge in [0.05, 0.1) is 6.61 Å². The van der Waals surface area contributed by atoms with Crippen LogP contribution in [-0.2, 0) is 4.74 Å². The van der Waals surface area contributed by atoms with E-state index in [0.717, 1.165) is 0 Å². The molecule has 0 radical (unpaired) electrons. The van der Waals surface area contributed by atoms with E-state index in [0.29, 0.717) is 0 Å². The number of ether oxygens (including phenoxy) is 1. The first-order valence-corrected chi connectivity index (χ1v) is 3.82. The fourth-order valence-corrected chi connectivity index (χ4v) is 1.21. The summed E-state index contributed by atoms with van der Waals surface area (Å²) in [5.74, 6) is 0. The molecule has 1 rings (SSSR count). The van der Waals surface area contributed by atoms with Crippen LogP contribution in [0.15, 0.2) is 0 Å². The van der Waals surface area contributed by atoms with Crippen molar-refractivity contribution in [2.24, 2.45) is 0 Å². The Morgan fingerprint density at radius 3 is 2.15 bits per heavy atom. The molecular weight excluding hydrogens is 182 g/mol. The number of aliphatic hydroxyl groups is 4. The van der Waals surface area contributed by atoms with Gasteiger partial charge in [0.2, 0.25) is 0 Å². The molecule has 0 saturated carbocycles. The number of aliphatic hydroxyl groups excluding tert-OH is 4. The molecule has 3 unspecified atom stereocenters. The van der Waals surface area contributed by atoms with Gasteiger partial charge in [0.15, 0.2) is 6.23 Å². The molecule has 0 aromatic rings. The average Bonchev–Trinajstić information content (AvgIpc) is 2.15. The molecule has 1 aliphatic rings. The molecule has 0 aliphatic carbocycles. The van der Waals surface area contributed by atoms with Crippen LogP contribution in [0.2, 0.25) is 0 Å². The highest BCUT2D eigenvalue weighted by Crippen LogP contribution is 2.18. The van der Waals surface area contributed by atoms with Crippen LogP contribution in [0.25, 0.3) is 0 Å². The van der Waals surface area contributed by atoms with Crippen LogP contribution in [0.3, 0.4) is 0 Å². The minimum absolute atomic E-state index is 0.511. The summed E-state index contributed by atoms with van der Waals surface area (Å²) in [4.78, 5) is 0. The molecule has 1 saturated heterocycles. The lowest BCUT2D eigenvalue weighted by Gasteiger charge is -2.39. The average molecular weight is 195 g/mol. The second kappa shape index (κ2) is 4.29. The van der Waals surface area contributed by atoms with Crippen molar-refractivity contribution in [2.75, 3.05) is 6.61 Å². The summed E-state index contributed by atoms with van der Waals surface area (Å²) in [6.07, 6.45) is -6.51. The number of hydrogen-bond acceptors (Lipinski definition) is 7. The third kappa shape index (κ3) is 1.97. The first kappa shape index (κ1) is 10.8. The van der Waals surface area contributed by atoms with Crippen LogP contribution >= 0.6 is 0 Å². The van der Waals surface area contributed by atoms with Crippen molar-refractivity contribution < 1.29 is 30.4 Å². The summed E-state index contributed by atoms with van der Waals surface area (Å²) in [6, 6.07) is 0. The molecule has 0 aromatic carbocycles. The van der Waals surface area contributed by atoms with Gasteiger partial charge in [-0.2, -0.15) is 5.48 Å². The molecule has 1 fully saturated rings. The van der Waals surface area contributed by atoms with Crippen molar-refractivity contribution in [1.82, 2.24) is 5.48 Å². The van der Waals surface area contributed by atoms with Gasteiger partial charge in [-0.25, -0.2) is 0 Å². The molecule has 0 amide bonds. The third-order valence-electron chi connectivity index (χ3n) is 2.02. The lowest BCUT2D eigenvalue weighted by molar-refractivity contribution is -0.255. The fraction of sp³-hybridized carbons (Fsp3) is 1.00. The molecular formula is C6H13NO6. The fourth-order valence-electron chi connectivity index (χ4n) is 1.21. The van der Waals surface area contributed by atoms with Crippen molar-refractivity contribution in [3.8, 4) is 0 Å². The van der Waals surface area contributed by atoms with Gasteiger partial charge < -0.3 is 30.4 Å². The molecule has 13 heavy (non-hydrogen) atoms. The van der Waals surface area contributed by atoms with Crippen LogP contribution in [0.4, 0.5) is 0 Å². The Bertz CT molecular complexity index is 147. The third-order valence-corrected chi connectivity index (χ3v) is 2.02. The molecule has 1 heterocycles. The van der Waals surface area contributed by atoms with Gasteiger partial charge in [0.25, 0.3) is 0 Å². The van der Waals surface area contributed by atoms with Crippen molar-refractivity contribution in [3.63, 3.8) is 0 Å². The van der Waals surface area contributed by atoms with E-state index in [1.165, 1.54) is 0 Å². The Morgan fingerprint density at radius 1 is 1.08 bits per heavy atom. The summed E-state index contributed by atoms with van der Waals surface area (Å²) >= 11 is 0. The van der Waals surface area contributed by atoms with Crippen LogP contribution < -0.4 is 5.48 Å². The second-order valence-electron chi connectivity index (χ2n) is 2.88. The number of rotatable bonds is 2. The van der Waals surface area contributed by atoms with E-state index < -0.39 is 37.3 Å². The van der Waals surface area contributed by atoms with Crippen LogP contribution in [0.1, 0.15) is 0 Å². The van der Waals surface area contributed by atoms with E-state index in [4.69, 9.17) is 15.1 Å². The summed E-state index contributed by atoms with van der Waals surface area (Å²) < 4.78 is 4.81. The topological polar surface area (TPSA) is 122 Å². The first-order chi connectivity index (χ1) is 6.11. The Hall–Kier alpha value is -0.280. The summed E-state index contributed by atoms with van der Waals surface area (Å²) in [5.41, 5.74) is 1.61. The minimum Gasteiger partial charge on any atom is -0.394 e. The number of hydrogen-bond donors (Lipinski definition) is 6. The van der Waals surface area contributed by atoms with Gasteiger partial charge in [-0.1, -0.05) is 0 Å². The summed E-state index contributed by atoms with van der Waals surface area (Å²) in [7, 11) is 0. The number of nitrogens with one attached hydrogen (secondary N) is 1. The zero-order valence-corrected chi connectivity index (χ0v) is 6.74. The van der Waals surface area contributed by atoms with E-state index in [9.17, 15) is 15.3 Å². The molecule has 0 bridgehead atoms. The largest absolute Gasteiger partial charge is 0.394 e. The van der Waals surface area contributed by atoms with Gasteiger partial charge in [-0.3, -0.25) is 0 Å². The van der Waals surface area contributed by atoms with Gasteiger partial charge in [-0.05, 0) is 0 Å². The highest BCUT2D eigenvalue weighted by atomic mass is 16.6. The smallest absolute Gasteiger partial charge is 0.158 e. The van der Waals surface area contributed by atoms with E-state index in [2.05, 4.69) is 0 Å². The maximum Gasteiger partial charge on any atom is 0.158 e. The molecule has 1 aliphatic heterocycles. The van der Waals surface area contributed by atoms with Crippen molar-refractivity contribution >= 4 is 0 Å². The normalized spacial score (nSPS) is 46.4. The van der Waals surface area contributed by atoms with Gasteiger partial charge >= 0.3 is 0 Å².